The second kappa shape index (κ2) is 13.8. The highest BCUT2D eigenvalue weighted by molar-refractivity contribution is 9.10. The highest BCUT2D eigenvalue weighted by Crippen LogP contribution is 2.28. The maximum Gasteiger partial charge on any atom is 0.242 e. The normalized spacial score (nSPS) is 15.1. The van der Waals surface area contributed by atoms with Crippen LogP contribution >= 0.6 is 27.5 Å². The van der Waals surface area contributed by atoms with Crippen LogP contribution in [0, 0.1) is 6.92 Å². The van der Waals surface area contributed by atoms with Gasteiger partial charge in [0, 0.05) is 35.0 Å². The molecule has 10 heteroatoms. The van der Waals surface area contributed by atoms with Crippen molar-refractivity contribution in [2.75, 3.05) is 17.1 Å². The van der Waals surface area contributed by atoms with Crippen molar-refractivity contribution in [3.63, 3.8) is 0 Å². The van der Waals surface area contributed by atoms with E-state index >= 15 is 0 Å². The van der Waals surface area contributed by atoms with Gasteiger partial charge in [0.05, 0.1) is 11.9 Å². The molecule has 2 aromatic carbocycles. The molecule has 0 spiro atoms. The first-order chi connectivity index (χ1) is 18.0. The Labute approximate surface area is 240 Å². The fourth-order valence-electron chi connectivity index (χ4n) is 4.79. The summed E-state index contributed by atoms with van der Waals surface area (Å²) >= 11 is 9.67. The van der Waals surface area contributed by atoms with E-state index in [0.717, 1.165) is 42.0 Å². The third-order valence-electron chi connectivity index (χ3n) is 7.04. The zero-order chi connectivity index (χ0) is 27.9. The molecule has 1 aliphatic carbocycles. The van der Waals surface area contributed by atoms with Gasteiger partial charge in [-0.3, -0.25) is 13.9 Å². The molecule has 3 rings (SSSR count). The molecule has 1 saturated carbocycles. The summed E-state index contributed by atoms with van der Waals surface area (Å²) in [5.74, 6) is -0.356. The topological polar surface area (TPSA) is 86.8 Å². The van der Waals surface area contributed by atoms with Gasteiger partial charge in [0.1, 0.15) is 6.04 Å². The fraction of sp³-hybridized carbons (Fsp3) is 0.500. The van der Waals surface area contributed by atoms with Crippen LogP contribution in [0.25, 0.3) is 0 Å². The molecular formula is C28H37BrClN3O4S. The van der Waals surface area contributed by atoms with E-state index in [2.05, 4.69) is 21.2 Å². The van der Waals surface area contributed by atoms with Crippen LogP contribution in [0.5, 0.6) is 0 Å². The maximum atomic E-state index is 13.5. The Hall–Kier alpha value is -2.10. The second-order valence-electron chi connectivity index (χ2n) is 9.99. The molecule has 1 fully saturated rings. The van der Waals surface area contributed by atoms with Crippen LogP contribution in [0.4, 0.5) is 5.69 Å². The molecule has 38 heavy (non-hydrogen) atoms. The molecule has 0 aromatic heterocycles. The van der Waals surface area contributed by atoms with Gasteiger partial charge < -0.3 is 10.2 Å². The molecule has 208 valence electrons. The minimum Gasteiger partial charge on any atom is -0.352 e. The van der Waals surface area contributed by atoms with Gasteiger partial charge in [-0.1, -0.05) is 65.0 Å². The summed E-state index contributed by atoms with van der Waals surface area (Å²) in [6.07, 6.45) is 6.86. The van der Waals surface area contributed by atoms with E-state index in [-0.39, 0.29) is 37.4 Å². The zero-order valence-corrected chi connectivity index (χ0v) is 25.4. The first-order valence-corrected chi connectivity index (χ1v) is 16.1. The van der Waals surface area contributed by atoms with Gasteiger partial charge in [-0.05, 0) is 68.5 Å². The molecule has 0 bridgehead atoms. The average molecular weight is 627 g/mol. The molecule has 1 N–H and O–H groups in total. The second-order valence-corrected chi connectivity index (χ2v) is 13.2. The summed E-state index contributed by atoms with van der Waals surface area (Å²) < 4.78 is 27.4. The lowest BCUT2D eigenvalue weighted by Gasteiger charge is -2.31. The molecule has 0 heterocycles. The molecular weight excluding hydrogens is 590 g/mol. The van der Waals surface area contributed by atoms with Gasteiger partial charge in [-0.15, -0.1) is 0 Å². The third-order valence-corrected chi connectivity index (χ3v) is 9.16. The molecule has 0 radical (unpaired) electrons. The Bertz CT molecular complexity index is 1220. The smallest absolute Gasteiger partial charge is 0.242 e. The number of carbonyl (C=O) groups is 2. The van der Waals surface area contributed by atoms with Gasteiger partial charge in [-0.25, -0.2) is 8.42 Å². The summed E-state index contributed by atoms with van der Waals surface area (Å²) in [4.78, 5) is 28.2. The average Bonchev–Trinajstić information content (AvgIpc) is 2.87. The molecule has 1 aliphatic rings. The first-order valence-electron chi connectivity index (χ1n) is 13.0. The van der Waals surface area contributed by atoms with Crippen molar-refractivity contribution < 1.29 is 18.0 Å². The van der Waals surface area contributed by atoms with E-state index in [1.807, 2.05) is 24.3 Å². The molecule has 2 amide bonds. The zero-order valence-electron chi connectivity index (χ0n) is 22.3. The summed E-state index contributed by atoms with van der Waals surface area (Å²) in [5.41, 5.74) is 2.07. The van der Waals surface area contributed by atoms with Gasteiger partial charge in [0.2, 0.25) is 21.8 Å². The largest absolute Gasteiger partial charge is 0.352 e. The van der Waals surface area contributed by atoms with Crippen molar-refractivity contribution >= 4 is 55.1 Å². The van der Waals surface area contributed by atoms with Crippen LogP contribution in [0.1, 0.15) is 63.0 Å². The Morgan fingerprint density at radius 2 is 1.76 bits per heavy atom. The fourth-order valence-corrected chi connectivity index (χ4v) is 6.24. The Balaban J connectivity index is 1.73. The number of rotatable bonds is 11. The number of sulfonamides is 1. The molecule has 1 unspecified atom stereocenters. The monoisotopic (exact) mass is 625 g/mol. The predicted molar refractivity (Wildman–Crippen MR) is 157 cm³/mol. The molecule has 7 nitrogen and oxygen atoms in total. The molecule has 1 atom stereocenters. The summed E-state index contributed by atoms with van der Waals surface area (Å²) in [7, 11) is -3.59. The van der Waals surface area contributed by atoms with Crippen LogP contribution in [-0.2, 0) is 26.2 Å². The maximum absolute atomic E-state index is 13.5. The van der Waals surface area contributed by atoms with Crippen LogP contribution in [-0.4, -0.2) is 50.0 Å². The number of halogens is 2. The number of anilines is 1. The van der Waals surface area contributed by atoms with E-state index in [1.165, 1.54) is 10.7 Å². The Morgan fingerprint density at radius 3 is 2.39 bits per heavy atom. The standard InChI is InChI=1S/C28H37BrClN3O4S/c1-20-25(30)11-7-12-26(20)33(38(3,36)37)18-8-13-27(34)32(19-22-14-16-23(29)17-15-22)21(2)28(35)31-24-9-5-4-6-10-24/h7,11-12,14-17,21,24H,4-6,8-10,13,18-19H2,1-3H3,(H,31,35). The number of nitrogens with zero attached hydrogens (tertiary/aromatic N) is 2. The number of benzene rings is 2. The van der Waals surface area contributed by atoms with Crippen molar-refractivity contribution in [2.45, 2.75) is 77.4 Å². The van der Waals surface area contributed by atoms with Gasteiger partial charge in [0.25, 0.3) is 0 Å². The van der Waals surface area contributed by atoms with Crippen LogP contribution in [0.2, 0.25) is 5.02 Å². The van der Waals surface area contributed by atoms with E-state index in [9.17, 15) is 18.0 Å². The van der Waals surface area contributed by atoms with Crippen molar-refractivity contribution in [3.05, 3.63) is 63.1 Å². The molecule has 0 aliphatic heterocycles. The summed E-state index contributed by atoms with van der Waals surface area (Å²) in [5, 5.41) is 3.61. The number of amides is 2. The first kappa shape index (κ1) is 30.4. The third kappa shape index (κ3) is 8.45. The molecule has 0 saturated heterocycles. The van der Waals surface area contributed by atoms with Gasteiger partial charge >= 0.3 is 0 Å². The Morgan fingerprint density at radius 1 is 1.11 bits per heavy atom. The van der Waals surface area contributed by atoms with E-state index < -0.39 is 16.1 Å². The highest BCUT2D eigenvalue weighted by atomic mass is 79.9. The van der Waals surface area contributed by atoms with E-state index in [0.29, 0.717) is 22.7 Å². The molecule has 2 aromatic rings. The van der Waals surface area contributed by atoms with Crippen molar-refractivity contribution in [1.29, 1.82) is 0 Å². The van der Waals surface area contributed by atoms with Crippen molar-refractivity contribution in [2.24, 2.45) is 0 Å². The number of nitrogens with one attached hydrogen (secondary N) is 1. The summed E-state index contributed by atoms with van der Waals surface area (Å²) in [6.45, 7) is 3.94. The van der Waals surface area contributed by atoms with Gasteiger partial charge in [0.15, 0.2) is 0 Å². The lowest BCUT2D eigenvalue weighted by molar-refractivity contribution is -0.141. The predicted octanol–water partition coefficient (Wildman–Crippen LogP) is 5.82. The SMILES string of the molecule is Cc1c(Cl)cccc1N(CCCC(=O)N(Cc1ccc(Br)cc1)C(C)C(=O)NC1CCCCC1)S(C)(=O)=O. The van der Waals surface area contributed by atoms with Crippen molar-refractivity contribution in [3.8, 4) is 0 Å². The van der Waals surface area contributed by atoms with Crippen LogP contribution in [0.15, 0.2) is 46.9 Å². The Kier molecular flexibility index (Phi) is 11.1. The lowest BCUT2D eigenvalue weighted by Crippen LogP contribution is -2.50. The van der Waals surface area contributed by atoms with E-state index in [4.69, 9.17) is 11.6 Å². The minimum atomic E-state index is -3.59. The number of hydrogen-bond acceptors (Lipinski definition) is 4. The number of carbonyl (C=O) groups excluding carboxylic acids is 2. The van der Waals surface area contributed by atoms with Crippen LogP contribution in [0.3, 0.4) is 0 Å². The number of hydrogen-bond donors (Lipinski definition) is 1. The van der Waals surface area contributed by atoms with E-state index in [1.54, 1.807) is 36.9 Å². The quantitative estimate of drug-likeness (QED) is 0.340. The minimum absolute atomic E-state index is 0.100. The van der Waals surface area contributed by atoms with Crippen molar-refractivity contribution in [1.82, 2.24) is 10.2 Å². The highest BCUT2D eigenvalue weighted by Gasteiger charge is 2.28. The summed E-state index contributed by atoms with van der Waals surface area (Å²) in [6, 6.07) is 12.3. The lowest BCUT2D eigenvalue weighted by atomic mass is 9.95. The van der Waals surface area contributed by atoms with Crippen LogP contribution < -0.4 is 9.62 Å². The van der Waals surface area contributed by atoms with Gasteiger partial charge in [-0.2, -0.15) is 0 Å².